The number of fused-ring (bicyclic) bond motifs is 1. The van der Waals surface area contributed by atoms with Gasteiger partial charge in [-0.3, -0.25) is 4.79 Å². The minimum absolute atomic E-state index is 0.153. The van der Waals surface area contributed by atoms with Crippen molar-refractivity contribution >= 4 is 39.2 Å². The van der Waals surface area contributed by atoms with Gasteiger partial charge < -0.3 is 16.0 Å². The zero-order valence-corrected chi connectivity index (χ0v) is 14.7. The van der Waals surface area contributed by atoms with E-state index in [1.54, 1.807) is 47.5 Å². The quantitative estimate of drug-likeness (QED) is 0.750. The molecule has 1 aromatic heterocycles. The molecule has 0 bridgehead atoms. The maximum absolute atomic E-state index is 12.8. The molecule has 1 heterocycles. The van der Waals surface area contributed by atoms with Gasteiger partial charge in [-0.15, -0.1) is 11.3 Å². The van der Waals surface area contributed by atoms with Gasteiger partial charge in [-0.25, -0.2) is 9.78 Å². The number of thiazole rings is 1. The molecule has 6 nitrogen and oxygen atoms in total. The van der Waals surface area contributed by atoms with Crippen molar-refractivity contribution in [1.29, 1.82) is 0 Å². The summed E-state index contributed by atoms with van der Waals surface area (Å²) in [6.45, 7) is 1.95. The van der Waals surface area contributed by atoms with Gasteiger partial charge in [0.15, 0.2) is 0 Å². The van der Waals surface area contributed by atoms with Crippen LogP contribution >= 0.6 is 11.3 Å². The normalized spacial score (nSPS) is 11.9. The summed E-state index contributed by atoms with van der Waals surface area (Å²) < 4.78 is 1.10. The van der Waals surface area contributed by atoms with Gasteiger partial charge in [0.1, 0.15) is 5.01 Å². The van der Waals surface area contributed by atoms with Crippen LogP contribution in [-0.2, 0) is 0 Å². The molecule has 0 aliphatic carbocycles. The van der Waals surface area contributed by atoms with Gasteiger partial charge >= 0.3 is 6.03 Å². The minimum atomic E-state index is -0.666. The molecule has 0 fully saturated rings. The van der Waals surface area contributed by atoms with Gasteiger partial charge in [-0.1, -0.05) is 18.2 Å². The highest BCUT2D eigenvalue weighted by Crippen LogP contribution is 2.29. The van der Waals surface area contributed by atoms with Crippen molar-refractivity contribution in [3.8, 4) is 0 Å². The van der Waals surface area contributed by atoms with Crippen LogP contribution < -0.4 is 11.1 Å². The largest absolute Gasteiger partial charge is 0.351 e. The number of nitrogens with two attached hydrogens (primary N) is 1. The fourth-order valence-electron chi connectivity index (χ4n) is 2.49. The van der Waals surface area contributed by atoms with Crippen molar-refractivity contribution in [3.63, 3.8) is 0 Å². The fraction of sp³-hybridized carbons (Fsp3) is 0.167. The highest BCUT2D eigenvalue weighted by Gasteiger charge is 2.22. The van der Waals surface area contributed by atoms with Gasteiger partial charge in [0.2, 0.25) is 0 Å². The highest BCUT2D eigenvalue weighted by molar-refractivity contribution is 7.18. The maximum Gasteiger partial charge on any atom is 0.316 e. The Bertz CT molecular complexity index is 904. The maximum atomic E-state index is 12.8. The number of rotatable bonds is 4. The van der Waals surface area contributed by atoms with Crippen molar-refractivity contribution in [3.05, 3.63) is 59.1 Å². The number of hydrogen-bond acceptors (Lipinski definition) is 4. The summed E-state index contributed by atoms with van der Waals surface area (Å²) in [5.74, 6) is -0.153. The first-order valence-corrected chi connectivity index (χ1v) is 8.56. The Kier molecular flexibility index (Phi) is 4.67. The number of primary amides is 1. The molecule has 7 heteroatoms. The Labute approximate surface area is 149 Å². The number of carbonyl (C=O) groups is 2. The molecule has 0 aliphatic heterocycles. The Morgan fingerprint density at radius 2 is 1.96 bits per heavy atom. The Hall–Kier alpha value is -2.93. The summed E-state index contributed by atoms with van der Waals surface area (Å²) in [6, 6.07) is 13.8. The van der Waals surface area contributed by atoms with E-state index in [0.717, 1.165) is 15.2 Å². The average molecular weight is 354 g/mol. The van der Waals surface area contributed by atoms with Gasteiger partial charge in [-0.2, -0.15) is 0 Å². The Balaban J connectivity index is 1.82. The lowest BCUT2D eigenvalue weighted by atomic mass is 10.1. The molecular weight excluding hydrogens is 336 g/mol. The van der Waals surface area contributed by atoms with Crippen molar-refractivity contribution in [1.82, 2.24) is 9.88 Å². The molecule has 0 spiro atoms. The predicted molar refractivity (Wildman–Crippen MR) is 99.8 cm³/mol. The summed E-state index contributed by atoms with van der Waals surface area (Å²) in [5, 5.41) is 3.35. The topological polar surface area (TPSA) is 88.3 Å². The summed E-state index contributed by atoms with van der Waals surface area (Å²) >= 11 is 1.58. The summed E-state index contributed by atoms with van der Waals surface area (Å²) in [5.41, 5.74) is 7.01. The molecule has 3 N–H and O–H groups in total. The molecular formula is C18H18N4O2S. The van der Waals surface area contributed by atoms with Crippen LogP contribution in [0.4, 0.5) is 10.5 Å². The third-order valence-electron chi connectivity index (χ3n) is 3.95. The smallest absolute Gasteiger partial charge is 0.316 e. The number of anilines is 1. The number of aromatic nitrogens is 1. The van der Waals surface area contributed by atoms with E-state index in [0.29, 0.717) is 11.3 Å². The SMILES string of the molecule is CC(c1nc2ccccc2s1)N(C)C(=O)c1cccc(NC(N)=O)c1. The van der Waals surface area contributed by atoms with Gasteiger partial charge in [0, 0.05) is 18.3 Å². The number of hydrogen-bond donors (Lipinski definition) is 2. The van der Waals surface area contributed by atoms with E-state index in [2.05, 4.69) is 10.3 Å². The fourth-order valence-corrected chi connectivity index (χ4v) is 3.55. The molecule has 3 aromatic rings. The van der Waals surface area contributed by atoms with Gasteiger partial charge in [0.25, 0.3) is 5.91 Å². The third-order valence-corrected chi connectivity index (χ3v) is 5.15. The number of nitrogens with zero attached hydrogens (tertiary/aromatic N) is 2. The molecule has 25 heavy (non-hydrogen) atoms. The van der Waals surface area contributed by atoms with Crippen molar-refractivity contribution in [2.24, 2.45) is 5.73 Å². The number of urea groups is 1. The second-order valence-corrected chi connectivity index (χ2v) is 6.74. The van der Waals surface area contributed by atoms with E-state index in [1.807, 2.05) is 31.2 Å². The van der Waals surface area contributed by atoms with E-state index in [9.17, 15) is 9.59 Å². The molecule has 2 aromatic carbocycles. The summed E-state index contributed by atoms with van der Waals surface area (Å²) in [6.07, 6.45) is 0. The lowest BCUT2D eigenvalue weighted by Gasteiger charge is -2.23. The van der Waals surface area contributed by atoms with Crippen LogP contribution in [0.25, 0.3) is 10.2 Å². The second-order valence-electron chi connectivity index (χ2n) is 5.68. The van der Waals surface area contributed by atoms with E-state index in [-0.39, 0.29) is 11.9 Å². The zero-order chi connectivity index (χ0) is 18.0. The van der Waals surface area contributed by atoms with Crippen LogP contribution in [-0.4, -0.2) is 28.9 Å². The second kappa shape index (κ2) is 6.90. The van der Waals surface area contributed by atoms with Crippen LogP contribution in [0.2, 0.25) is 0 Å². The predicted octanol–water partition coefficient (Wildman–Crippen LogP) is 3.62. The highest BCUT2D eigenvalue weighted by atomic mass is 32.1. The Morgan fingerprint density at radius 3 is 2.68 bits per heavy atom. The van der Waals surface area contributed by atoms with E-state index >= 15 is 0 Å². The molecule has 1 atom stereocenters. The zero-order valence-electron chi connectivity index (χ0n) is 13.9. The molecule has 1 unspecified atom stereocenters. The number of benzene rings is 2. The molecule has 3 amide bonds. The van der Waals surface area contributed by atoms with Gasteiger partial charge in [0.05, 0.1) is 16.3 Å². The minimum Gasteiger partial charge on any atom is -0.351 e. The van der Waals surface area contributed by atoms with Crippen LogP contribution in [0.1, 0.15) is 28.3 Å². The van der Waals surface area contributed by atoms with Crippen LogP contribution in [0.5, 0.6) is 0 Å². The van der Waals surface area contributed by atoms with Crippen molar-refractivity contribution in [2.45, 2.75) is 13.0 Å². The first-order valence-electron chi connectivity index (χ1n) is 7.75. The number of nitrogens with one attached hydrogen (secondary N) is 1. The first kappa shape index (κ1) is 16.9. The van der Waals surface area contributed by atoms with Crippen molar-refractivity contribution < 1.29 is 9.59 Å². The number of amides is 3. The van der Waals surface area contributed by atoms with Gasteiger partial charge in [-0.05, 0) is 37.3 Å². The molecule has 128 valence electrons. The summed E-state index contributed by atoms with van der Waals surface area (Å²) in [4.78, 5) is 30.0. The van der Waals surface area contributed by atoms with E-state index < -0.39 is 6.03 Å². The molecule has 3 rings (SSSR count). The monoisotopic (exact) mass is 354 g/mol. The molecule has 0 saturated heterocycles. The molecule has 0 aliphatic rings. The van der Waals surface area contributed by atoms with Crippen LogP contribution in [0.3, 0.4) is 0 Å². The van der Waals surface area contributed by atoms with Crippen LogP contribution in [0.15, 0.2) is 48.5 Å². The molecule has 0 radical (unpaired) electrons. The van der Waals surface area contributed by atoms with Crippen molar-refractivity contribution in [2.75, 3.05) is 12.4 Å². The lowest BCUT2D eigenvalue weighted by Crippen LogP contribution is -2.29. The van der Waals surface area contributed by atoms with E-state index in [4.69, 9.17) is 5.73 Å². The van der Waals surface area contributed by atoms with Crippen LogP contribution in [0, 0.1) is 0 Å². The van der Waals surface area contributed by atoms with E-state index in [1.165, 1.54) is 0 Å². The molecule has 0 saturated carbocycles. The number of carbonyl (C=O) groups excluding carboxylic acids is 2. The average Bonchev–Trinajstić information content (AvgIpc) is 3.03. The Morgan fingerprint density at radius 1 is 1.20 bits per heavy atom. The first-order chi connectivity index (χ1) is 12.0. The summed E-state index contributed by atoms with van der Waals surface area (Å²) in [7, 11) is 1.74. The number of para-hydroxylation sites is 1. The third kappa shape index (κ3) is 3.61. The lowest BCUT2D eigenvalue weighted by molar-refractivity contribution is 0.0742. The standard InChI is InChI=1S/C18H18N4O2S/c1-11(16-21-14-8-3-4-9-15(14)25-16)22(2)17(23)12-6-5-7-13(10-12)20-18(19)24/h3-11H,1-2H3,(H3,19,20,24).